The molecular weight excluding hydrogens is 547 g/mol. The van der Waals surface area contributed by atoms with Crippen molar-refractivity contribution < 1.29 is 28.2 Å². The molecule has 3 heterocycles. The molecule has 5 rings (SSSR count). The molecule has 1 N–H and O–H groups in total. The zero-order chi connectivity index (χ0) is 25.8. The molecule has 9 nitrogen and oxygen atoms in total. The number of para-hydroxylation sites is 1. The number of carboxylic acids is 1. The Balaban J connectivity index is 1.41. The Morgan fingerprint density at radius 2 is 1.89 bits per heavy atom. The molecule has 3 aromatic heterocycles. The van der Waals surface area contributed by atoms with Crippen LogP contribution in [0.25, 0.3) is 22.4 Å². The second kappa shape index (κ2) is 10.7. The number of carboxylic acid groups (broad SMARTS) is 1. The van der Waals surface area contributed by atoms with Crippen LogP contribution in [-0.4, -0.2) is 37.1 Å². The van der Waals surface area contributed by atoms with Crippen molar-refractivity contribution in [2.45, 2.75) is 19.1 Å². The first-order valence-electron chi connectivity index (χ1n) is 11.0. The lowest BCUT2D eigenvalue weighted by molar-refractivity contribution is -0.145. The molecule has 0 fully saturated rings. The Morgan fingerprint density at radius 1 is 1.08 bits per heavy atom. The third-order valence-corrected chi connectivity index (χ3v) is 6.16. The van der Waals surface area contributed by atoms with E-state index in [1.165, 1.54) is 18.5 Å². The quantitative estimate of drug-likeness (QED) is 0.256. The summed E-state index contributed by atoms with van der Waals surface area (Å²) in [5, 5.41) is 10.3. The summed E-state index contributed by atoms with van der Waals surface area (Å²) in [6.07, 6.45) is 4.65. The second-order valence-corrected chi connectivity index (χ2v) is 8.65. The average Bonchev–Trinajstić information content (AvgIpc) is 3.26. The number of nitrogens with zero attached hydrogens (tertiary/aromatic N) is 4. The molecule has 0 spiro atoms. The van der Waals surface area contributed by atoms with Gasteiger partial charge in [-0.2, -0.15) is 0 Å². The second-order valence-electron chi connectivity index (χ2n) is 7.85. The lowest BCUT2D eigenvalue weighted by Gasteiger charge is -2.17. The van der Waals surface area contributed by atoms with Gasteiger partial charge in [0.1, 0.15) is 29.9 Å². The summed E-state index contributed by atoms with van der Waals surface area (Å²) in [6.45, 7) is 0.171. The zero-order valence-corrected chi connectivity index (χ0v) is 20.6. The Kier molecular flexibility index (Phi) is 7.04. The topological polar surface area (TPSA) is 120 Å². The highest BCUT2D eigenvalue weighted by Gasteiger charge is 2.26. The number of ether oxygens (including phenoxy) is 2. The van der Waals surface area contributed by atoms with Crippen LogP contribution >= 0.6 is 15.9 Å². The lowest BCUT2D eigenvalue weighted by Crippen LogP contribution is -2.30. The Bertz CT molecular complexity index is 1550. The van der Waals surface area contributed by atoms with Gasteiger partial charge in [-0.3, -0.25) is 9.97 Å². The predicted octanol–water partition coefficient (Wildman–Crippen LogP) is 5.24. The first-order chi connectivity index (χ1) is 18.0. The van der Waals surface area contributed by atoms with Crippen LogP contribution in [0.3, 0.4) is 0 Å². The van der Waals surface area contributed by atoms with E-state index >= 15 is 0 Å². The van der Waals surface area contributed by atoms with Gasteiger partial charge in [-0.05, 0) is 51.8 Å². The fraction of sp³-hybridized carbons (Fsp3) is 0.115. The number of aromatic nitrogens is 4. The largest absolute Gasteiger partial charge is 0.487 e. The van der Waals surface area contributed by atoms with Crippen molar-refractivity contribution in [3.8, 4) is 23.0 Å². The number of aliphatic carboxylic acids is 1. The van der Waals surface area contributed by atoms with E-state index in [0.29, 0.717) is 38.2 Å². The van der Waals surface area contributed by atoms with Gasteiger partial charge in [0.05, 0.1) is 16.4 Å². The van der Waals surface area contributed by atoms with Crippen molar-refractivity contribution in [3.05, 3.63) is 95.0 Å². The van der Waals surface area contributed by atoms with E-state index in [1.54, 1.807) is 55.0 Å². The molecule has 0 saturated carbocycles. The lowest BCUT2D eigenvalue weighted by atomic mass is 10.1. The van der Waals surface area contributed by atoms with Crippen LogP contribution in [-0.2, 0) is 17.8 Å². The summed E-state index contributed by atoms with van der Waals surface area (Å²) in [5.41, 5.74) is 2.05. The van der Waals surface area contributed by atoms with Gasteiger partial charge in [0.2, 0.25) is 17.7 Å². The van der Waals surface area contributed by atoms with Gasteiger partial charge in [0.15, 0.2) is 5.76 Å². The summed E-state index contributed by atoms with van der Waals surface area (Å²) < 4.78 is 31.4. The average molecular weight is 565 g/mol. The van der Waals surface area contributed by atoms with Crippen LogP contribution in [0.2, 0.25) is 0 Å². The number of fused-ring (bicyclic) bond motifs is 1. The predicted molar refractivity (Wildman–Crippen MR) is 133 cm³/mol. The monoisotopic (exact) mass is 564 g/mol. The van der Waals surface area contributed by atoms with Gasteiger partial charge >= 0.3 is 5.97 Å². The molecule has 0 aliphatic carbocycles. The summed E-state index contributed by atoms with van der Waals surface area (Å²) in [5.74, 6) is -0.660. The number of benzene rings is 2. The number of rotatable bonds is 9. The van der Waals surface area contributed by atoms with Crippen LogP contribution in [0.1, 0.15) is 11.3 Å². The Morgan fingerprint density at radius 3 is 2.65 bits per heavy atom. The molecule has 1 atom stereocenters. The highest BCUT2D eigenvalue weighted by molar-refractivity contribution is 9.10. The van der Waals surface area contributed by atoms with E-state index in [0.717, 1.165) is 0 Å². The summed E-state index contributed by atoms with van der Waals surface area (Å²) in [7, 11) is 0. The minimum absolute atomic E-state index is 0.00222. The number of furan rings is 1. The molecule has 0 amide bonds. The number of halogens is 2. The highest BCUT2D eigenvalue weighted by Crippen LogP contribution is 2.40. The van der Waals surface area contributed by atoms with Gasteiger partial charge < -0.3 is 19.0 Å². The number of carbonyl (C=O) groups is 1. The molecule has 11 heteroatoms. The smallest absolute Gasteiger partial charge is 0.345 e. The van der Waals surface area contributed by atoms with E-state index in [1.807, 2.05) is 0 Å². The van der Waals surface area contributed by atoms with Crippen LogP contribution in [0.4, 0.5) is 4.39 Å². The van der Waals surface area contributed by atoms with Crippen molar-refractivity contribution in [3.63, 3.8) is 0 Å². The molecule has 0 aliphatic rings. The maximum absolute atomic E-state index is 13.4. The molecule has 2 aromatic carbocycles. The van der Waals surface area contributed by atoms with Crippen molar-refractivity contribution in [2.24, 2.45) is 0 Å². The minimum atomic E-state index is -1.30. The van der Waals surface area contributed by atoms with Crippen LogP contribution < -0.4 is 9.47 Å². The summed E-state index contributed by atoms with van der Waals surface area (Å²) >= 11 is 3.48. The maximum atomic E-state index is 13.4. The van der Waals surface area contributed by atoms with E-state index in [-0.39, 0.29) is 30.4 Å². The van der Waals surface area contributed by atoms with Crippen LogP contribution in [0, 0.1) is 5.82 Å². The van der Waals surface area contributed by atoms with Gasteiger partial charge in [-0.1, -0.05) is 18.2 Å². The van der Waals surface area contributed by atoms with Gasteiger partial charge in [0.25, 0.3) is 0 Å². The first kappa shape index (κ1) is 24.3. The fourth-order valence-electron chi connectivity index (χ4n) is 3.63. The van der Waals surface area contributed by atoms with E-state index < -0.39 is 12.1 Å². The molecule has 0 unspecified atom stereocenters. The van der Waals surface area contributed by atoms with E-state index in [4.69, 9.17) is 13.9 Å². The Labute approximate surface area is 218 Å². The molecule has 186 valence electrons. The first-order valence-corrected chi connectivity index (χ1v) is 11.8. The highest BCUT2D eigenvalue weighted by atomic mass is 79.9. The number of hydrogen-bond donors (Lipinski definition) is 1. The third-order valence-electron chi connectivity index (χ3n) is 5.40. The van der Waals surface area contributed by atoms with Crippen molar-refractivity contribution >= 4 is 33.0 Å². The van der Waals surface area contributed by atoms with Gasteiger partial charge in [-0.15, -0.1) is 0 Å². The molecule has 0 saturated heterocycles. The maximum Gasteiger partial charge on any atom is 0.345 e. The Hall–Kier alpha value is -4.38. The van der Waals surface area contributed by atoms with Gasteiger partial charge in [0, 0.05) is 24.4 Å². The standard InChI is InChI=1S/C26H18BrFN4O5/c27-22-21-24(31-14-32-25(21)37-23(22)15-5-7-17(28)8-6-15)36-20(26(33)34)11-16-3-1-2-4-19(16)35-13-18-12-29-9-10-30-18/h1-10,12,14,20H,11,13H2,(H,33,34)/t20-/m1/s1. The van der Waals surface area contributed by atoms with E-state index in [2.05, 4.69) is 35.9 Å². The van der Waals surface area contributed by atoms with E-state index in [9.17, 15) is 14.3 Å². The third kappa shape index (κ3) is 5.41. The summed E-state index contributed by atoms with van der Waals surface area (Å²) in [6, 6.07) is 12.8. The van der Waals surface area contributed by atoms with Crippen LogP contribution in [0.5, 0.6) is 11.6 Å². The van der Waals surface area contributed by atoms with Gasteiger partial charge in [-0.25, -0.2) is 19.2 Å². The summed E-state index contributed by atoms with van der Waals surface area (Å²) in [4.78, 5) is 28.7. The molecule has 0 aliphatic heterocycles. The molecule has 0 bridgehead atoms. The molecule has 37 heavy (non-hydrogen) atoms. The van der Waals surface area contributed by atoms with Crippen LogP contribution in [0.15, 0.2) is 82.3 Å². The SMILES string of the molecule is O=C(O)[C@@H](Cc1ccccc1OCc1cnccn1)Oc1ncnc2oc(-c3ccc(F)cc3)c(Br)c12. The molecule has 0 radical (unpaired) electrons. The van der Waals surface area contributed by atoms with Crippen molar-refractivity contribution in [2.75, 3.05) is 0 Å². The number of hydrogen-bond acceptors (Lipinski definition) is 8. The zero-order valence-electron chi connectivity index (χ0n) is 19.0. The van der Waals surface area contributed by atoms with Crippen molar-refractivity contribution in [1.82, 2.24) is 19.9 Å². The van der Waals surface area contributed by atoms with Crippen molar-refractivity contribution in [1.29, 1.82) is 0 Å². The molecular formula is C26H18BrFN4O5. The minimum Gasteiger partial charge on any atom is -0.487 e. The normalized spacial score (nSPS) is 11.8. The fourth-order valence-corrected chi connectivity index (χ4v) is 4.28. The molecule has 5 aromatic rings.